The lowest BCUT2D eigenvalue weighted by atomic mass is 10.2. The Labute approximate surface area is 108 Å². The molecular formula is C11H17ClN2O2S. The van der Waals surface area contributed by atoms with Crippen LogP contribution in [0.4, 0.5) is 11.4 Å². The number of nitrogens with zero attached hydrogens (tertiary/aromatic N) is 1. The maximum Gasteiger partial charge on any atom is 0.235 e. The molecule has 1 aromatic rings. The van der Waals surface area contributed by atoms with Crippen molar-refractivity contribution in [3.63, 3.8) is 0 Å². The fourth-order valence-corrected chi connectivity index (χ4v) is 2.37. The molecule has 0 fully saturated rings. The molecule has 0 aliphatic rings. The van der Waals surface area contributed by atoms with E-state index in [0.717, 1.165) is 0 Å². The molecule has 96 valence electrons. The third kappa shape index (κ3) is 3.26. The van der Waals surface area contributed by atoms with Crippen molar-refractivity contribution in [3.05, 3.63) is 23.2 Å². The smallest absolute Gasteiger partial charge is 0.235 e. The summed E-state index contributed by atoms with van der Waals surface area (Å²) in [6.45, 7) is 3.25. The molecule has 0 saturated heterocycles. The summed E-state index contributed by atoms with van der Waals surface area (Å²) in [5.74, 6) is 0. The van der Waals surface area contributed by atoms with Crippen LogP contribution in [0.3, 0.4) is 0 Å². The van der Waals surface area contributed by atoms with Gasteiger partial charge in [-0.25, -0.2) is 8.42 Å². The number of hydrogen-bond acceptors (Lipinski definition) is 3. The molecule has 1 rings (SSSR count). The number of sulfonamides is 1. The van der Waals surface area contributed by atoms with Crippen LogP contribution >= 0.6 is 11.6 Å². The highest BCUT2D eigenvalue weighted by Gasteiger charge is 2.18. The average molecular weight is 277 g/mol. The molecule has 0 heterocycles. The molecule has 0 amide bonds. The molecule has 0 saturated carbocycles. The quantitative estimate of drug-likeness (QED) is 0.919. The third-order valence-electron chi connectivity index (χ3n) is 2.31. The lowest BCUT2D eigenvalue weighted by Gasteiger charge is -2.20. The molecule has 1 aromatic carbocycles. The van der Waals surface area contributed by atoms with E-state index >= 15 is 0 Å². The van der Waals surface area contributed by atoms with Gasteiger partial charge in [-0.2, -0.15) is 0 Å². The molecule has 17 heavy (non-hydrogen) atoms. The number of para-hydroxylation sites is 1. The lowest BCUT2D eigenvalue weighted by molar-refractivity contribution is 0.593. The molecule has 0 aromatic heterocycles. The van der Waals surface area contributed by atoms with Crippen LogP contribution in [-0.2, 0) is 10.0 Å². The number of rotatable bonds is 4. The number of anilines is 2. The lowest BCUT2D eigenvalue weighted by Crippen LogP contribution is -2.24. The van der Waals surface area contributed by atoms with Crippen LogP contribution in [-0.4, -0.2) is 27.8 Å². The van der Waals surface area contributed by atoms with Crippen molar-refractivity contribution in [1.29, 1.82) is 0 Å². The maximum absolute atomic E-state index is 11.8. The zero-order chi connectivity index (χ0) is 13.2. The van der Waals surface area contributed by atoms with Gasteiger partial charge in [0.1, 0.15) is 0 Å². The summed E-state index contributed by atoms with van der Waals surface area (Å²) >= 11 is 6.06. The van der Waals surface area contributed by atoms with Gasteiger partial charge in [-0.3, -0.25) is 4.72 Å². The molecule has 0 atom stereocenters. The number of hydrogen-bond donors (Lipinski definition) is 1. The van der Waals surface area contributed by atoms with Crippen molar-refractivity contribution in [3.8, 4) is 0 Å². The number of benzene rings is 1. The van der Waals surface area contributed by atoms with Crippen molar-refractivity contribution in [2.24, 2.45) is 0 Å². The van der Waals surface area contributed by atoms with Crippen LogP contribution in [0.25, 0.3) is 0 Å². The minimum atomic E-state index is -3.36. The average Bonchev–Trinajstić information content (AvgIpc) is 2.15. The maximum atomic E-state index is 11.8. The minimum Gasteiger partial charge on any atom is -0.375 e. The fourth-order valence-electron chi connectivity index (χ4n) is 1.32. The SMILES string of the molecule is CC(C)S(=O)(=O)Nc1cccc(Cl)c1N(C)C. The van der Waals surface area contributed by atoms with Crippen LogP contribution in [0.1, 0.15) is 13.8 Å². The van der Waals surface area contributed by atoms with Gasteiger partial charge >= 0.3 is 0 Å². The molecule has 1 N–H and O–H groups in total. The number of nitrogens with one attached hydrogen (secondary N) is 1. The highest BCUT2D eigenvalue weighted by molar-refractivity contribution is 7.93. The first-order valence-corrected chi connectivity index (χ1v) is 7.15. The zero-order valence-electron chi connectivity index (χ0n) is 10.4. The second-order valence-corrected chi connectivity index (χ2v) is 6.87. The first-order chi connectivity index (χ1) is 7.75. The van der Waals surface area contributed by atoms with E-state index in [4.69, 9.17) is 11.6 Å². The standard InChI is InChI=1S/C11H17ClN2O2S/c1-8(2)17(15,16)13-10-7-5-6-9(12)11(10)14(3)4/h5-8,13H,1-4H3. The number of halogens is 1. The summed E-state index contributed by atoms with van der Waals surface area (Å²) in [7, 11) is 0.268. The van der Waals surface area contributed by atoms with Crippen LogP contribution in [0.5, 0.6) is 0 Å². The van der Waals surface area contributed by atoms with E-state index in [-0.39, 0.29) is 0 Å². The second-order valence-electron chi connectivity index (χ2n) is 4.23. The van der Waals surface area contributed by atoms with Crippen molar-refractivity contribution in [2.45, 2.75) is 19.1 Å². The van der Waals surface area contributed by atoms with Gasteiger partial charge in [-0.15, -0.1) is 0 Å². The summed E-state index contributed by atoms with van der Waals surface area (Å²) in [5, 5.41) is 0.0236. The molecular weight excluding hydrogens is 260 g/mol. The first-order valence-electron chi connectivity index (χ1n) is 5.23. The fraction of sp³-hybridized carbons (Fsp3) is 0.455. The Kier molecular flexibility index (Phi) is 4.27. The monoisotopic (exact) mass is 276 g/mol. The van der Waals surface area contributed by atoms with Gasteiger partial charge in [0.15, 0.2) is 0 Å². The van der Waals surface area contributed by atoms with Gasteiger partial charge < -0.3 is 4.90 Å². The zero-order valence-corrected chi connectivity index (χ0v) is 11.9. The van der Waals surface area contributed by atoms with Crippen molar-refractivity contribution >= 4 is 33.0 Å². The molecule has 0 spiro atoms. The van der Waals surface area contributed by atoms with E-state index in [1.54, 1.807) is 36.9 Å². The topological polar surface area (TPSA) is 49.4 Å². The van der Waals surface area contributed by atoms with Crippen LogP contribution in [0, 0.1) is 0 Å². The van der Waals surface area contributed by atoms with E-state index < -0.39 is 15.3 Å². The predicted molar refractivity (Wildman–Crippen MR) is 73.5 cm³/mol. The Morgan fingerprint density at radius 3 is 2.35 bits per heavy atom. The Morgan fingerprint density at radius 1 is 1.29 bits per heavy atom. The van der Waals surface area contributed by atoms with Crippen LogP contribution < -0.4 is 9.62 Å². The van der Waals surface area contributed by atoms with Gasteiger partial charge in [0.05, 0.1) is 21.6 Å². The molecule has 0 aliphatic carbocycles. The van der Waals surface area contributed by atoms with Crippen LogP contribution in [0.2, 0.25) is 5.02 Å². The summed E-state index contributed by atoms with van der Waals surface area (Å²) in [6, 6.07) is 5.14. The largest absolute Gasteiger partial charge is 0.375 e. The minimum absolute atomic E-state index is 0.489. The molecule has 0 radical (unpaired) electrons. The van der Waals surface area contributed by atoms with Crippen molar-refractivity contribution in [2.75, 3.05) is 23.7 Å². The predicted octanol–water partition coefficient (Wildman–Crippen LogP) is 2.56. The summed E-state index contributed by atoms with van der Waals surface area (Å²) in [5.41, 5.74) is 1.16. The van der Waals surface area contributed by atoms with E-state index in [1.165, 1.54) is 0 Å². The Morgan fingerprint density at radius 2 is 1.88 bits per heavy atom. The summed E-state index contributed by atoms with van der Waals surface area (Å²) < 4.78 is 26.2. The van der Waals surface area contributed by atoms with Gasteiger partial charge in [0.25, 0.3) is 0 Å². The van der Waals surface area contributed by atoms with E-state index in [1.807, 2.05) is 14.1 Å². The normalized spacial score (nSPS) is 11.6. The first kappa shape index (κ1) is 14.1. The van der Waals surface area contributed by atoms with Gasteiger partial charge in [0, 0.05) is 14.1 Å². The molecule has 0 aliphatic heterocycles. The third-order valence-corrected chi connectivity index (χ3v) is 4.36. The van der Waals surface area contributed by atoms with Gasteiger partial charge in [0.2, 0.25) is 10.0 Å². The molecule has 6 heteroatoms. The van der Waals surface area contributed by atoms with Gasteiger partial charge in [-0.1, -0.05) is 17.7 Å². The molecule has 0 bridgehead atoms. The van der Waals surface area contributed by atoms with Gasteiger partial charge in [-0.05, 0) is 26.0 Å². The Bertz CT molecular complexity index is 498. The summed E-state index contributed by atoms with van der Waals surface area (Å²) in [6.07, 6.45) is 0. The Balaban J connectivity index is 3.21. The van der Waals surface area contributed by atoms with E-state index in [9.17, 15) is 8.42 Å². The summed E-state index contributed by atoms with van der Waals surface area (Å²) in [4.78, 5) is 1.78. The van der Waals surface area contributed by atoms with Crippen molar-refractivity contribution in [1.82, 2.24) is 0 Å². The Hall–Kier alpha value is -0.940. The highest BCUT2D eigenvalue weighted by atomic mass is 35.5. The molecule has 0 unspecified atom stereocenters. The highest BCUT2D eigenvalue weighted by Crippen LogP contribution is 2.33. The van der Waals surface area contributed by atoms with E-state index in [0.29, 0.717) is 16.4 Å². The molecule has 4 nitrogen and oxygen atoms in total. The van der Waals surface area contributed by atoms with Crippen molar-refractivity contribution < 1.29 is 8.42 Å². The second kappa shape index (κ2) is 5.14. The van der Waals surface area contributed by atoms with Crippen LogP contribution in [0.15, 0.2) is 18.2 Å². The van der Waals surface area contributed by atoms with E-state index in [2.05, 4.69) is 4.72 Å².